The number of carbonyl (C=O) groups excluding carboxylic acids is 3. The van der Waals surface area contributed by atoms with E-state index in [0.717, 1.165) is 0 Å². The van der Waals surface area contributed by atoms with Crippen molar-refractivity contribution in [1.82, 2.24) is 25.9 Å². The lowest BCUT2D eigenvalue weighted by Gasteiger charge is -2.25. The Morgan fingerprint density at radius 1 is 0.921 bits per heavy atom. The summed E-state index contributed by atoms with van der Waals surface area (Å²) < 4.78 is 0. The van der Waals surface area contributed by atoms with Gasteiger partial charge in [-0.25, -0.2) is 9.78 Å². The Bertz CT molecular complexity index is 1120. The number of rotatable bonds is 14. The minimum absolute atomic E-state index is 0.0528. The van der Waals surface area contributed by atoms with Crippen LogP contribution in [0.4, 0.5) is 0 Å². The van der Waals surface area contributed by atoms with Crippen LogP contribution >= 0.6 is 0 Å². The number of carbonyl (C=O) groups is 5. The second-order valence-corrected chi connectivity index (χ2v) is 8.54. The van der Waals surface area contributed by atoms with E-state index in [9.17, 15) is 39.3 Å². The van der Waals surface area contributed by atoms with Crippen LogP contribution in [0.5, 0.6) is 5.75 Å². The lowest BCUT2D eigenvalue weighted by molar-refractivity contribution is -0.147. The number of aromatic nitrogens is 2. The summed E-state index contributed by atoms with van der Waals surface area (Å²) in [5.41, 5.74) is 6.58. The van der Waals surface area contributed by atoms with Crippen molar-refractivity contribution in [3.8, 4) is 5.75 Å². The number of carboxylic acids is 2. The SMILES string of the molecule is CC(O)C(N)C(=O)NC(Cc1cnc[nH]1)C(=O)NC(Cc1ccc(O)cc1)C(=O)NC(CC(=O)O)C(=O)O. The van der Waals surface area contributed by atoms with Gasteiger partial charge in [-0.05, 0) is 24.6 Å². The number of aliphatic hydroxyl groups is 1. The highest BCUT2D eigenvalue weighted by Crippen LogP contribution is 2.12. The van der Waals surface area contributed by atoms with Gasteiger partial charge in [0, 0.05) is 24.7 Å². The maximum Gasteiger partial charge on any atom is 0.326 e. The first-order valence-electron chi connectivity index (χ1n) is 11.4. The number of carboxylic acid groups (broad SMARTS) is 2. The van der Waals surface area contributed by atoms with Crippen molar-refractivity contribution in [2.24, 2.45) is 5.73 Å². The highest BCUT2D eigenvalue weighted by atomic mass is 16.4. The number of H-pyrrole nitrogens is 1. The molecule has 0 fully saturated rings. The van der Waals surface area contributed by atoms with E-state index >= 15 is 0 Å². The van der Waals surface area contributed by atoms with Crippen LogP contribution in [0.15, 0.2) is 36.8 Å². The summed E-state index contributed by atoms with van der Waals surface area (Å²) >= 11 is 0. The van der Waals surface area contributed by atoms with Crippen molar-refractivity contribution in [3.63, 3.8) is 0 Å². The molecule has 0 saturated carbocycles. The van der Waals surface area contributed by atoms with Crippen molar-refractivity contribution < 1.29 is 44.4 Å². The quantitative estimate of drug-likeness (QED) is 0.124. The fourth-order valence-corrected chi connectivity index (χ4v) is 3.31. The zero-order valence-corrected chi connectivity index (χ0v) is 20.3. The number of nitrogens with two attached hydrogens (primary N) is 1. The first-order chi connectivity index (χ1) is 17.9. The zero-order valence-electron chi connectivity index (χ0n) is 20.3. The Morgan fingerprint density at radius 3 is 1.97 bits per heavy atom. The van der Waals surface area contributed by atoms with Crippen LogP contribution in [0.25, 0.3) is 0 Å². The number of nitrogens with zero attached hydrogens (tertiary/aromatic N) is 1. The molecule has 2 rings (SSSR count). The van der Waals surface area contributed by atoms with E-state index < -0.39 is 66.4 Å². The van der Waals surface area contributed by atoms with Crippen LogP contribution < -0.4 is 21.7 Å². The first-order valence-corrected chi connectivity index (χ1v) is 11.4. The summed E-state index contributed by atoms with van der Waals surface area (Å²) in [6, 6.07) is -0.200. The number of aliphatic hydroxyl groups excluding tert-OH is 1. The minimum Gasteiger partial charge on any atom is -0.508 e. The Balaban J connectivity index is 2.31. The van der Waals surface area contributed by atoms with Crippen molar-refractivity contribution >= 4 is 29.7 Å². The van der Waals surface area contributed by atoms with Gasteiger partial charge in [-0.3, -0.25) is 19.2 Å². The van der Waals surface area contributed by atoms with E-state index in [1.807, 2.05) is 0 Å². The molecule has 0 aliphatic rings. The fraction of sp³-hybridized carbons (Fsp3) is 0.391. The molecule has 0 saturated heterocycles. The molecule has 0 bridgehead atoms. The smallest absolute Gasteiger partial charge is 0.326 e. The molecule has 0 spiro atoms. The van der Waals surface area contributed by atoms with E-state index in [1.165, 1.54) is 43.7 Å². The number of nitrogens with one attached hydrogen (secondary N) is 4. The lowest BCUT2D eigenvalue weighted by atomic mass is 10.0. The molecule has 5 atom stereocenters. The molecular weight excluding hydrogens is 504 g/mol. The average Bonchev–Trinajstić information content (AvgIpc) is 3.36. The number of aromatic amines is 1. The summed E-state index contributed by atoms with van der Waals surface area (Å²) in [7, 11) is 0. The third-order valence-corrected chi connectivity index (χ3v) is 5.44. The highest BCUT2D eigenvalue weighted by Gasteiger charge is 2.32. The van der Waals surface area contributed by atoms with Gasteiger partial charge in [0.05, 0.1) is 18.9 Å². The second-order valence-electron chi connectivity index (χ2n) is 8.54. The first kappa shape index (κ1) is 29.7. The predicted molar refractivity (Wildman–Crippen MR) is 129 cm³/mol. The van der Waals surface area contributed by atoms with E-state index in [4.69, 9.17) is 10.8 Å². The van der Waals surface area contributed by atoms with Crippen molar-refractivity contribution in [2.75, 3.05) is 0 Å². The fourth-order valence-electron chi connectivity index (χ4n) is 3.31. The van der Waals surface area contributed by atoms with Crippen LogP contribution in [0, 0.1) is 0 Å². The Labute approximate surface area is 216 Å². The van der Waals surface area contributed by atoms with E-state index in [1.54, 1.807) is 0 Å². The number of phenols is 1. The Morgan fingerprint density at radius 2 is 1.47 bits per heavy atom. The van der Waals surface area contributed by atoms with Crippen LogP contribution in [0.2, 0.25) is 0 Å². The average molecular weight is 535 g/mol. The molecule has 5 unspecified atom stereocenters. The van der Waals surface area contributed by atoms with E-state index in [0.29, 0.717) is 11.3 Å². The van der Waals surface area contributed by atoms with Gasteiger partial charge >= 0.3 is 11.9 Å². The number of benzene rings is 1. The van der Waals surface area contributed by atoms with Gasteiger partial charge in [-0.1, -0.05) is 12.1 Å². The van der Waals surface area contributed by atoms with Crippen molar-refractivity contribution in [1.29, 1.82) is 0 Å². The molecule has 0 aliphatic carbocycles. The van der Waals surface area contributed by atoms with Gasteiger partial charge in [-0.2, -0.15) is 0 Å². The van der Waals surface area contributed by atoms with E-state index in [2.05, 4.69) is 25.9 Å². The van der Waals surface area contributed by atoms with Gasteiger partial charge in [0.1, 0.15) is 29.9 Å². The van der Waals surface area contributed by atoms with E-state index in [-0.39, 0.29) is 18.6 Å². The Hall–Kier alpha value is -4.50. The molecule has 38 heavy (non-hydrogen) atoms. The van der Waals surface area contributed by atoms with Crippen LogP contribution in [-0.4, -0.2) is 90.3 Å². The van der Waals surface area contributed by atoms with Gasteiger partial charge in [-0.15, -0.1) is 0 Å². The maximum absolute atomic E-state index is 13.3. The van der Waals surface area contributed by atoms with Crippen LogP contribution in [-0.2, 0) is 36.8 Å². The molecule has 1 heterocycles. The third kappa shape index (κ3) is 9.18. The number of hydrogen-bond donors (Lipinski definition) is 9. The summed E-state index contributed by atoms with van der Waals surface area (Å²) in [6.45, 7) is 1.29. The zero-order chi connectivity index (χ0) is 28.4. The summed E-state index contributed by atoms with van der Waals surface area (Å²) in [5.74, 6) is -5.79. The minimum atomic E-state index is -1.77. The van der Waals surface area contributed by atoms with Gasteiger partial charge in [0.15, 0.2) is 0 Å². The topological polar surface area (TPSA) is 257 Å². The van der Waals surface area contributed by atoms with Gasteiger partial charge < -0.3 is 47.1 Å². The monoisotopic (exact) mass is 534 g/mol. The molecule has 206 valence electrons. The summed E-state index contributed by atoms with van der Waals surface area (Å²) in [6.07, 6.45) is 0.357. The molecule has 15 nitrogen and oxygen atoms in total. The van der Waals surface area contributed by atoms with Gasteiger partial charge in [0.25, 0.3) is 0 Å². The summed E-state index contributed by atoms with van der Waals surface area (Å²) in [4.78, 5) is 67.9. The molecule has 2 aromatic rings. The molecule has 1 aromatic carbocycles. The number of phenolic OH excluding ortho intramolecular Hbond substituents is 1. The largest absolute Gasteiger partial charge is 0.508 e. The normalized spacial score (nSPS) is 14.8. The number of aromatic hydroxyl groups is 1. The standard InChI is InChI=1S/C23H30N6O9/c1-11(30)19(24)22(36)28-16(7-13-9-25-10-26-13)21(35)27-15(6-12-2-4-14(31)5-3-12)20(34)29-17(23(37)38)8-18(32)33/h2-5,9-11,15-17,19,30-31H,6-8,24H2,1H3,(H,25,26)(H,27,35)(H,28,36)(H,29,34)(H,32,33)(H,37,38). The number of amides is 3. The lowest BCUT2D eigenvalue weighted by Crippen LogP contribution is -2.59. The Kier molecular flexibility index (Phi) is 10.7. The van der Waals surface area contributed by atoms with Crippen molar-refractivity contribution in [3.05, 3.63) is 48.0 Å². The molecule has 0 radical (unpaired) electrons. The number of imidazole rings is 1. The highest BCUT2D eigenvalue weighted by molar-refractivity contribution is 5.95. The number of hydrogen-bond acceptors (Lipinski definition) is 9. The molecule has 3 amide bonds. The van der Waals surface area contributed by atoms with Crippen molar-refractivity contribution in [2.45, 2.75) is 56.5 Å². The van der Waals surface area contributed by atoms with Crippen LogP contribution in [0.3, 0.4) is 0 Å². The molecule has 0 aliphatic heterocycles. The second kappa shape index (κ2) is 13.7. The molecule has 1 aromatic heterocycles. The summed E-state index contributed by atoms with van der Waals surface area (Å²) in [5, 5.41) is 44.4. The molecule has 10 N–H and O–H groups in total. The molecular formula is C23H30N6O9. The maximum atomic E-state index is 13.3. The number of aliphatic carboxylic acids is 2. The van der Waals surface area contributed by atoms with Gasteiger partial charge in [0.2, 0.25) is 17.7 Å². The third-order valence-electron chi connectivity index (χ3n) is 5.44. The van der Waals surface area contributed by atoms with Crippen LogP contribution in [0.1, 0.15) is 24.6 Å². The predicted octanol–water partition coefficient (Wildman–Crippen LogP) is -2.38. The molecule has 15 heteroatoms.